The van der Waals surface area contributed by atoms with Crippen molar-refractivity contribution >= 4 is 31.7 Å². The molecule has 10 N–H and O–H groups in total. The number of hydrogen-bond donors (Lipinski definition) is 10. The molecule has 1 saturated carbocycles. The van der Waals surface area contributed by atoms with Crippen LogP contribution in [0.25, 0.3) is 0 Å². The zero-order valence-electron chi connectivity index (χ0n) is 74.8. The summed E-state index contributed by atoms with van der Waals surface area (Å²) in [5.41, 5.74) is 0. The predicted molar refractivity (Wildman–Crippen MR) is 463 cm³/mol. The number of allylic oxidation sites excluding steroid dienone is 2. The molecular weight excluding hydrogens is 1550 g/mol. The van der Waals surface area contributed by atoms with E-state index >= 15 is 0 Å². The molecule has 0 aromatic heterocycles. The van der Waals surface area contributed by atoms with Crippen LogP contribution in [0, 0.1) is 5.92 Å². The van der Waals surface area contributed by atoms with Gasteiger partial charge < -0.3 is 88.7 Å². The van der Waals surface area contributed by atoms with Crippen molar-refractivity contribution in [1.82, 2.24) is 0 Å². The zero-order chi connectivity index (χ0) is 86.9. The number of phosphoric ester groups is 1. The van der Waals surface area contributed by atoms with Gasteiger partial charge in [0.25, 0.3) is 0 Å². The minimum absolute atomic E-state index is 0.0160. The highest BCUT2D eigenvalue weighted by molar-refractivity contribution is 7.47. The van der Waals surface area contributed by atoms with Gasteiger partial charge in [0.15, 0.2) is 24.8 Å². The molecule has 19 unspecified atom stereocenters. The van der Waals surface area contributed by atoms with E-state index in [9.17, 15) is 74.6 Å². The Hall–Kier alpha value is -2.79. The number of aliphatic hydroxyl groups excluding tert-OH is 9. The van der Waals surface area contributed by atoms with Gasteiger partial charge in [-0.3, -0.25) is 28.2 Å². The molecule has 0 bridgehead atoms. The van der Waals surface area contributed by atoms with Crippen molar-refractivity contribution in [3.63, 3.8) is 0 Å². The van der Waals surface area contributed by atoms with E-state index in [2.05, 4.69) is 46.8 Å². The first-order valence-electron chi connectivity index (χ1n) is 48.3. The SMILES string of the molecule is CCCCCC/C=C\CCCCCCCCCC(=O)OC(COC(=O)CCCCCCCCCCCCCCCCCC)COP(=O)(O)OC1C(OC2OC(CO)C(O)C(O)C2O)C(O)C(O)C(OC(=O)CCCCCCCCCCCCCCC)C1OC1OC(COC(=O)CCCCCCCCC(C)CCCCCCCC)C(O)C(O)C1O. The highest BCUT2D eigenvalue weighted by Crippen LogP contribution is 2.49. The van der Waals surface area contributed by atoms with Crippen LogP contribution in [0.2, 0.25) is 0 Å². The summed E-state index contributed by atoms with van der Waals surface area (Å²) in [6.07, 6.45) is 29.1. The molecule has 700 valence electrons. The van der Waals surface area contributed by atoms with Crippen LogP contribution in [0.1, 0.15) is 420 Å². The molecule has 0 aromatic carbocycles. The molecule has 1 aliphatic carbocycles. The van der Waals surface area contributed by atoms with E-state index in [0.717, 1.165) is 141 Å². The number of unbranched alkanes of at least 4 members (excludes halogenated alkanes) is 48. The van der Waals surface area contributed by atoms with Gasteiger partial charge in [-0.2, -0.15) is 0 Å². The Bertz CT molecular complexity index is 2530. The first kappa shape index (κ1) is 110. The highest BCUT2D eigenvalue weighted by Gasteiger charge is 2.60. The Kier molecular flexibility index (Phi) is 66.1. The van der Waals surface area contributed by atoms with Gasteiger partial charge in [0.05, 0.1) is 13.2 Å². The van der Waals surface area contributed by atoms with Crippen molar-refractivity contribution in [3.05, 3.63) is 12.2 Å². The van der Waals surface area contributed by atoms with E-state index in [1.165, 1.54) is 180 Å². The first-order chi connectivity index (χ1) is 57.6. The smallest absolute Gasteiger partial charge is 0.463 e. The molecule has 3 rings (SSSR count). The number of hydrogen-bond acceptors (Lipinski definition) is 24. The summed E-state index contributed by atoms with van der Waals surface area (Å²) in [6, 6.07) is 0. The molecule has 2 saturated heterocycles. The van der Waals surface area contributed by atoms with Crippen LogP contribution in [0.5, 0.6) is 0 Å². The summed E-state index contributed by atoms with van der Waals surface area (Å²) in [6.45, 7) is 7.93. The number of ether oxygens (including phenoxy) is 8. The Labute approximate surface area is 718 Å². The largest absolute Gasteiger partial charge is 0.472 e. The maximum Gasteiger partial charge on any atom is 0.472 e. The molecular formula is C93H173O25P. The summed E-state index contributed by atoms with van der Waals surface area (Å²) in [4.78, 5) is 66.6. The predicted octanol–water partition coefficient (Wildman–Crippen LogP) is 18.2. The number of phosphoric acid groups is 1. The number of esters is 4. The maximum absolute atomic E-state index is 14.9. The highest BCUT2D eigenvalue weighted by atomic mass is 31.2. The fourth-order valence-corrected chi connectivity index (χ4v) is 17.1. The monoisotopic (exact) mass is 1720 g/mol. The lowest BCUT2D eigenvalue weighted by atomic mass is 9.84. The second kappa shape index (κ2) is 71.3. The lowest BCUT2D eigenvalue weighted by Crippen LogP contribution is -2.70. The van der Waals surface area contributed by atoms with Gasteiger partial charge in [-0.05, 0) is 57.3 Å². The van der Waals surface area contributed by atoms with Gasteiger partial charge in [-0.1, -0.05) is 355 Å². The van der Waals surface area contributed by atoms with Crippen LogP contribution in [-0.4, -0.2) is 205 Å². The second-order valence-electron chi connectivity index (χ2n) is 34.9. The van der Waals surface area contributed by atoms with Crippen molar-refractivity contribution in [3.8, 4) is 0 Å². The van der Waals surface area contributed by atoms with Crippen molar-refractivity contribution in [2.24, 2.45) is 5.92 Å². The molecule has 26 heteroatoms. The van der Waals surface area contributed by atoms with E-state index in [4.69, 9.17) is 46.9 Å². The lowest BCUT2D eigenvalue weighted by Gasteiger charge is -2.50. The molecule has 3 aliphatic rings. The fraction of sp³-hybridized carbons (Fsp3) is 0.935. The van der Waals surface area contributed by atoms with Gasteiger partial charge in [-0.15, -0.1) is 0 Å². The summed E-state index contributed by atoms with van der Waals surface area (Å²) < 4.78 is 73.5. The number of rotatable bonds is 78. The molecule has 25 nitrogen and oxygen atoms in total. The number of carbonyl (C=O) groups excluding carboxylic acids is 4. The second-order valence-corrected chi connectivity index (χ2v) is 36.3. The molecule has 119 heavy (non-hydrogen) atoms. The van der Waals surface area contributed by atoms with Crippen LogP contribution in [0.3, 0.4) is 0 Å². The van der Waals surface area contributed by atoms with Gasteiger partial charge in [0.1, 0.15) is 92.6 Å². The van der Waals surface area contributed by atoms with E-state index in [1.807, 2.05) is 0 Å². The van der Waals surface area contributed by atoms with Gasteiger partial charge in [0, 0.05) is 25.7 Å². The van der Waals surface area contributed by atoms with E-state index in [-0.39, 0.29) is 25.7 Å². The Morgan fingerprint density at radius 3 is 1.09 bits per heavy atom. The van der Waals surface area contributed by atoms with Crippen LogP contribution in [0.15, 0.2) is 12.2 Å². The molecule has 0 radical (unpaired) electrons. The Balaban J connectivity index is 1.91. The van der Waals surface area contributed by atoms with Crippen molar-refractivity contribution in [2.75, 3.05) is 26.4 Å². The van der Waals surface area contributed by atoms with Crippen LogP contribution in [-0.2, 0) is 70.7 Å². The average molecular weight is 1720 g/mol. The molecule has 2 heterocycles. The first-order valence-corrected chi connectivity index (χ1v) is 49.8. The van der Waals surface area contributed by atoms with Gasteiger partial charge in [-0.25, -0.2) is 4.57 Å². The Morgan fingerprint density at radius 1 is 0.353 bits per heavy atom. The summed E-state index contributed by atoms with van der Waals surface area (Å²) in [5, 5.41) is 102. The third kappa shape index (κ3) is 51.6. The van der Waals surface area contributed by atoms with Crippen LogP contribution < -0.4 is 0 Å². The van der Waals surface area contributed by atoms with Crippen molar-refractivity contribution < 1.29 is 122 Å². The molecule has 2 aliphatic heterocycles. The van der Waals surface area contributed by atoms with Crippen LogP contribution >= 0.6 is 7.82 Å². The lowest BCUT2D eigenvalue weighted by molar-refractivity contribution is -0.360. The third-order valence-corrected chi connectivity index (χ3v) is 24.9. The fourth-order valence-electron chi connectivity index (χ4n) is 16.1. The quantitative estimate of drug-likeness (QED) is 0.00889. The number of aliphatic hydroxyl groups is 9. The maximum atomic E-state index is 14.9. The molecule has 0 spiro atoms. The summed E-state index contributed by atoms with van der Waals surface area (Å²) in [7, 11) is -5.81. The minimum atomic E-state index is -5.81. The van der Waals surface area contributed by atoms with Crippen LogP contribution in [0.4, 0.5) is 0 Å². The van der Waals surface area contributed by atoms with Gasteiger partial charge in [0.2, 0.25) is 0 Å². The van der Waals surface area contributed by atoms with E-state index < -0.39 is 162 Å². The van der Waals surface area contributed by atoms with Crippen molar-refractivity contribution in [1.29, 1.82) is 0 Å². The topological polar surface area (TPSA) is 380 Å². The molecule has 3 fully saturated rings. The van der Waals surface area contributed by atoms with Gasteiger partial charge >= 0.3 is 31.7 Å². The normalized spacial score (nSPS) is 25.1. The molecule has 0 aromatic rings. The minimum Gasteiger partial charge on any atom is -0.463 e. The average Bonchev–Trinajstić information content (AvgIpc) is 0.754. The number of carbonyl (C=O) groups is 4. The van der Waals surface area contributed by atoms with E-state index in [1.54, 1.807) is 0 Å². The van der Waals surface area contributed by atoms with Crippen molar-refractivity contribution in [2.45, 2.75) is 524 Å². The summed E-state index contributed by atoms with van der Waals surface area (Å²) >= 11 is 0. The van der Waals surface area contributed by atoms with E-state index in [0.29, 0.717) is 44.4 Å². The molecule has 19 atom stereocenters. The molecule has 0 amide bonds. The summed E-state index contributed by atoms with van der Waals surface area (Å²) in [5.74, 6) is -2.27. The Morgan fingerprint density at radius 2 is 0.681 bits per heavy atom. The zero-order valence-corrected chi connectivity index (χ0v) is 75.7. The standard InChI is InChI=1S/C93H173O25P/c1-6-10-14-18-22-25-28-31-33-35-37-39-42-45-52-58-64-76(95)109-69-73(112-78(97)66-60-54-46-43-41-38-34-32-29-26-23-19-15-11-7-2)70-111-119(107,108)118-91-89(116-92-86(105)82(101)80(99)74(68-94)113-92)85(104)84(103)88(115-79(98)67-61-55-47-44-40-36-30-27-24-20-16-12-8-3)90(91)117-93-87(106)83(102)81(100)75(114-93)71-110-77(96)65-59-53-49-48-51-57-63-72(5)62-56-50-21-17-13-9-4/h26,29,72-75,80-94,99-106H,6-25,27-28,30-71H2,1-5H3,(H,107,108)/b29-26-. The third-order valence-electron chi connectivity index (χ3n) is 23.9.